The lowest BCUT2D eigenvalue weighted by atomic mass is 10.3. The van der Waals surface area contributed by atoms with Gasteiger partial charge >= 0.3 is 0 Å². The van der Waals surface area contributed by atoms with E-state index in [9.17, 15) is 0 Å². The minimum atomic E-state index is 0.176. The molecule has 1 aromatic carbocycles. The molecule has 0 aliphatic carbocycles. The predicted molar refractivity (Wildman–Crippen MR) is 66.7 cm³/mol. The van der Waals surface area contributed by atoms with Gasteiger partial charge in [0.1, 0.15) is 5.75 Å². The maximum atomic E-state index is 5.67. The zero-order chi connectivity index (χ0) is 12.3. The summed E-state index contributed by atoms with van der Waals surface area (Å²) in [5.74, 6) is 1.22. The highest BCUT2D eigenvalue weighted by Gasteiger charge is 2.02. The summed E-state index contributed by atoms with van der Waals surface area (Å²) in [5, 5.41) is 7.92. The predicted octanol–water partition coefficient (Wildman–Crippen LogP) is 2.79. The Morgan fingerprint density at radius 1 is 1.29 bits per heavy atom. The molecule has 2 aromatic rings. The van der Waals surface area contributed by atoms with Crippen molar-refractivity contribution in [3.63, 3.8) is 0 Å². The second-order valence-electron chi connectivity index (χ2n) is 3.95. The lowest BCUT2D eigenvalue weighted by Gasteiger charge is -2.09. The third-order valence-electron chi connectivity index (χ3n) is 2.15. The van der Waals surface area contributed by atoms with Gasteiger partial charge in [0.05, 0.1) is 29.6 Å². The number of hydrogen-bond donors (Lipinski definition) is 0. The van der Waals surface area contributed by atoms with Gasteiger partial charge < -0.3 is 4.74 Å². The Kier molecular flexibility index (Phi) is 3.64. The second-order valence-corrected chi connectivity index (χ2v) is 4.22. The van der Waals surface area contributed by atoms with Crippen LogP contribution in [-0.4, -0.2) is 21.1 Å². The van der Waals surface area contributed by atoms with E-state index in [1.165, 1.54) is 0 Å². The summed E-state index contributed by atoms with van der Waals surface area (Å²) in [7, 11) is 0. The fourth-order valence-corrected chi connectivity index (χ4v) is 1.56. The van der Waals surface area contributed by atoms with Crippen LogP contribution >= 0.6 is 11.6 Å². The number of rotatable bonds is 4. The van der Waals surface area contributed by atoms with Gasteiger partial charge in [0, 0.05) is 0 Å². The molecule has 0 spiro atoms. The van der Waals surface area contributed by atoms with E-state index >= 15 is 0 Å². The fraction of sp³-hybridized carbons (Fsp3) is 0.333. The molecule has 90 valence electrons. The van der Waals surface area contributed by atoms with Crippen LogP contribution in [-0.2, 0) is 5.88 Å². The molecule has 0 aliphatic heterocycles. The summed E-state index contributed by atoms with van der Waals surface area (Å²) in [6.07, 6.45) is 1.99. The van der Waals surface area contributed by atoms with Gasteiger partial charge in [-0.15, -0.1) is 16.7 Å². The van der Waals surface area contributed by atoms with Gasteiger partial charge in [0.15, 0.2) is 0 Å². The van der Waals surface area contributed by atoms with E-state index in [1.54, 1.807) is 4.68 Å². The Labute approximate surface area is 105 Å². The third-order valence-corrected chi connectivity index (χ3v) is 2.42. The molecule has 0 bridgehead atoms. The fourth-order valence-electron chi connectivity index (χ4n) is 1.44. The van der Waals surface area contributed by atoms with Crippen molar-refractivity contribution in [1.82, 2.24) is 15.0 Å². The van der Waals surface area contributed by atoms with Gasteiger partial charge in [0.2, 0.25) is 0 Å². The summed E-state index contributed by atoms with van der Waals surface area (Å²) in [4.78, 5) is 0. The standard InChI is InChI=1S/C12H14ClN3O/c1-9(2)17-12-5-3-11(4-6-12)16-8-10(7-13)14-15-16/h3-6,8-9H,7H2,1-2H3. The summed E-state index contributed by atoms with van der Waals surface area (Å²) in [6.45, 7) is 4.00. The van der Waals surface area contributed by atoms with Crippen LogP contribution in [0.3, 0.4) is 0 Å². The van der Waals surface area contributed by atoms with Crippen molar-refractivity contribution in [2.75, 3.05) is 0 Å². The maximum absolute atomic E-state index is 5.67. The molecule has 17 heavy (non-hydrogen) atoms. The minimum Gasteiger partial charge on any atom is -0.491 e. The lowest BCUT2D eigenvalue weighted by molar-refractivity contribution is 0.242. The molecule has 1 aromatic heterocycles. The topological polar surface area (TPSA) is 39.9 Å². The molecular weight excluding hydrogens is 238 g/mol. The molecule has 4 nitrogen and oxygen atoms in total. The van der Waals surface area contributed by atoms with Gasteiger partial charge in [-0.25, -0.2) is 4.68 Å². The van der Waals surface area contributed by atoms with E-state index in [-0.39, 0.29) is 6.10 Å². The van der Waals surface area contributed by atoms with E-state index < -0.39 is 0 Å². The van der Waals surface area contributed by atoms with Crippen molar-refractivity contribution in [3.05, 3.63) is 36.2 Å². The minimum absolute atomic E-state index is 0.176. The molecule has 0 radical (unpaired) electrons. The quantitative estimate of drug-likeness (QED) is 0.785. The van der Waals surface area contributed by atoms with E-state index in [0.29, 0.717) is 5.88 Å². The first-order valence-electron chi connectivity index (χ1n) is 5.43. The summed E-state index contributed by atoms with van der Waals surface area (Å²) < 4.78 is 7.26. The number of alkyl halides is 1. The van der Waals surface area contributed by atoms with Crippen LogP contribution in [0.4, 0.5) is 0 Å². The molecule has 0 unspecified atom stereocenters. The van der Waals surface area contributed by atoms with Crippen molar-refractivity contribution in [2.24, 2.45) is 0 Å². The van der Waals surface area contributed by atoms with Crippen LogP contribution in [0.5, 0.6) is 5.75 Å². The highest BCUT2D eigenvalue weighted by Crippen LogP contribution is 2.16. The number of ether oxygens (including phenoxy) is 1. The first-order valence-corrected chi connectivity index (χ1v) is 5.97. The first kappa shape index (κ1) is 11.9. The highest BCUT2D eigenvalue weighted by atomic mass is 35.5. The highest BCUT2D eigenvalue weighted by molar-refractivity contribution is 6.16. The third kappa shape index (κ3) is 2.97. The smallest absolute Gasteiger partial charge is 0.119 e. The molecule has 0 atom stereocenters. The molecule has 0 saturated carbocycles. The zero-order valence-electron chi connectivity index (χ0n) is 9.80. The van der Waals surface area contributed by atoms with E-state index in [0.717, 1.165) is 17.1 Å². The Balaban J connectivity index is 2.17. The molecule has 1 heterocycles. The van der Waals surface area contributed by atoms with Crippen molar-refractivity contribution >= 4 is 11.6 Å². The van der Waals surface area contributed by atoms with Crippen molar-refractivity contribution < 1.29 is 4.74 Å². The summed E-state index contributed by atoms with van der Waals surface area (Å²) in [6, 6.07) is 7.70. The van der Waals surface area contributed by atoms with E-state index in [4.69, 9.17) is 16.3 Å². The van der Waals surface area contributed by atoms with Crippen LogP contribution in [0, 0.1) is 0 Å². The van der Waals surface area contributed by atoms with Crippen LogP contribution in [0.15, 0.2) is 30.5 Å². The maximum Gasteiger partial charge on any atom is 0.119 e. The van der Waals surface area contributed by atoms with Crippen LogP contribution in [0.1, 0.15) is 19.5 Å². The summed E-state index contributed by atoms with van der Waals surface area (Å²) >= 11 is 5.67. The normalized spacial score (nSPS) is 10.8. The Morgan fingerprint density at radius 2 is 2.00 bits per heavy atom. The van der Waals surface area contributed by atoms with Crippen molar-refractivity contribution in [2.45, 2.75) is 25.8 Å². The second kappa shape index (κ2) is 5.19. The number of hydrogen-bond acceptors (Lipinski definition) is 3. The van der Waals surface area contributed by atoms with Crippen molar-refractivity contribution in [3.8, 4) is 11.4 Å². The number of halogens is 1. The Morgan fingerprint density at radius 3 is 2.53 bits per heavy atom. The van der Waals surface area contributed by atoms with Gasteiger partial charge in [-0.1, -0.05) is 5.21 Å². The first-order chi connectivity index (χ1) is 8.19. The Hall–Kier alpha value is -1.55. The van der Waals surface area contributed by atoms with Gasteiger partial charge in [-0.2, -0.15) is 0 Å². The molecule has 2 rings (SSSR count). The molecular formula is C12H14ClN3O. The van der Waals surface area contributed by atoms with Crippen LogP contribution in [0.25, 0.3) is 5.69 Å². The largest absolute Gasteiger partial charge is 0.491 e. The SMILES string of the molecule is CC(C)Oc1ccc(-n2cc(CCl)nn2)cc1. The van der Waals surface area contributed by atoms with Crippen LogP contribution < -0.4 is 4.74 Å². The van der Waals surface area contributed by atoms with Crippen molar-refractivity contribution in [1.29, 1.82) is 0 Å². The van der Waals surface area contributed by atoms with Gasteiger partial charge in [-0.3, -0.25) is 0 Å². The molecule has 5 heteroatoms. The number of aromatic nitrogens is 3. The Bertz CT molecular complexity index is 479. The monoisotopic (exact) mass is 251 g/mol. The zero-order valence-corrected chi connectivity index (χ0v) is 10.6. The van der Waals surface area contributed by atoms with E-state index in [1.807, 2.05) is 44.3 Å². The van der Waals surface area contributed by atoms with Gasteiger partial charge in [-0.05, 0) is 38.1 Å². The molecule has 0 saturated heterocycles. The molecule has 0 fully saturated rings. The summed E-state index contributed by atoms with van der Waals surface area (Å²) in [5.41, 5.74) is 1.69. The van der Waals surface area contributed by atoms with Gasteiger partial charge in [0.25, 0.3) is 0 Å². The number of nitrogens with zero attached hydrogens (tertiary/aromatic N) is 3. The molecule has 0 amide bonds. The molecule has 0 N–H and O–H groups in total. The average Bonchev–Trinajstić information content (AvgIpc) is 2.78. The average molecular weight is 252 g/mol. The van der Waals surface area contributed by atoms with Crippen LogP contribution in [0.2, 0.25) is 0 Å². The lowest BCUT2D eigenvalue weighted by Crippen LogP contribution is -2.05. The van der Waals surface area contributed by atoms with E-state index in [2.05, 4.69) is 10.3 Å². The number of benzene rings is 1. The molecule has 0 aliphatic rings.